The second kappa shape index (κ2) is 8.10. The zero-order valence-corrected chi connectivity index (χ0v) is 7.81. The molecular weight excluding hydrogens is 188 g/mol. The summed E-state index contributed by atoms with van der Waals surface area (Å²) >= 11 is 0. The van der Waals surface area contributed by atoms with Crippen molar-refractivity contribution < 1.29 is 24.5 Å². The van der Waals surface area contributed by atoms with E-state index in [0.29, 0.717) is 12.8 Å². The van der Waals surface area contributed by atoms with E-state index in [2.05, 4.69) is 4.74 Å². The third-order valence-corrected chi connectivity index (χ3v) is 1.47. The van der Waals surface area contributed by atoms with Gasteiger partial charge in [-0.25, -0.2) is 0 Å². The third-order valence-electron chi connectivity index (χ3n) is 1.47. The van der Waals surface area contributed by atoms with E-state index in [-0.39, 0.29) is 25.4 Å². The fourth-order valence-electron chi connectivity index (χ4n) is 0.802. The van der Waals surface area contributed by atoms with E-state index in [4.69, 9.17) is 10.2 Å². The van der Waals surface area contributed by atoms with Gasteiger partial charge in [0.25, 0.3) is 0 Å². The molecule has 0 aromatic rings. The maximum atomic E-state index is 10.9. The summed E-state index contributed by atoms with van der Waals surface area (Å²) in [5, 5.41) is 16.5. The van der Waals surface area contributed by atoms with Crippen molar-refractivity contribution >= 4 is 11.9 Å². The average molecular weight is 202 g/mol. The Morgan fingerprint density at radius 2 is 1.86 bits per heavy atom. The van der Waals surface area contributed by atoms with Crippen molar-refractivity contribution in [3.63, 3.8) is 0 Å². The van der Waals surface area contributed by atoms with Gasteiger partial charge in [0.2, 0.25) is 0 Å². The molecule has 5 nitrogen and oxygen atoms in total. The van der Waals surface area contributed by atoms with E-state index in [0.717, 1.165) is 6.26 Å². The van der Waals surface area contributed by atoms with Crippen molar-refractivity contribution in [3.05, 3.63) is 12.3 Å². The number of hydrogen-bond donors (Lipinski definition) is 2. The predicted octanol–water partition coefficient (Wildman–Crippen LogP) is 1.25. The molecule has 80 valence electrons. The number of ether oxygens (including phenoxy) is 1. The Balaban J connectivity index is 3.31. The van der Waals surface area contributed by atoms with Crippen molar-refractivity contribution in [2.75, 3.05) is 6.61 Å². The molecule has 0 atom stereocenters. The first kappa shape index (κ1) is 12.5. The van der Waals surface area contributed by atoms with Gasteiger partial charge in [0.05, 0.1) is 6.26 Å². The van der Waals surface area contributed by atoms with Crippen LogP contribution in [-0.2, 0) is 14.3 Å². The molecule has 0 bridgehead atoms. The summed E-state index contributed by atoms with van der Waals surface area (Å²) in [6.07, 6.45) is 3.37. The molecule has 0 fully saturated rings. The summed E-state index contributed by atoms with van der Waals surface area (Å²) in [5.74, 6) is -1.24. The quantitative estimate of drug-likeness (QED) is 0.368. The number of aliphatic hydroxyl groups is 1. The number of carbonyl (C=O) groups is 2. The molecule has 0 aliphatic rings. The van der Waals surface area contributed by atoms with Crippen LogP contribution in [0, 0.1) is 0 Å². The molecular formula is C9H14O5. The van der Waals surface area contributed by atoms with Gasteiger partial charge in [0, 0.05) is 12.8 Å². The first-order valence-corrected chi connectivity index (χ1v) is 4.33. The minimum Gasteiger partial charge on any atom is -0.516 e. The van der Waals surface area contributed by atoms with Crippen LogP contribution in [0.5, 0.6) is 0 Å². The molecule has 0 saturated carbocycles. The van der Waals surface area contributed by atoms with Gasteiger partial charge >= 0.3 is 11.9 Å². The Bertz CT molecular complexity index is 209. The number of carboxylic acid groups (broad SMARTS) is 1. The van der Waals surface area contributed by atoms with E-state index in [1.165, 1.54) is 6.08 Å². The topological polar surface area (TPSA) is 83.8 Å². The third kappa shape index (κ3) is 8.58. The highest BCUT2D eigenvalue weighted by molar-refractivity contribution is 5.69. The highest BCUT2D eigenvalue weighted by Crippen LogP contribution is 2.01. The van der Waals surface area contributed by atoms with Crippen LogP contribution in [0.4, 0.5) is 0 Å². The number of rotatable bonds is 7. The molecule has 14 heavy (non-hydrogen) atoms. The van der Waals surface area contributed by atoms with Crippen LogP contribution < -0.4 is 0 Å². The largest absolute Gasteiger partial charge is 0.516 e. The molecule has 0 aliphatic heterocycles. The van der Waals surface area contributed by atoms with Gasteiger partial charge in [0.15, 0.2) is 0 Å². The fourth-order valence-corrected chi connectivity index (χ4v) is 0.802. The van der Waals surface area contributed by atoms with Gasteiger partial charge in [0.1, 0.15) is 6.61 Å². The SMILES string of the molecule is O=C(O)CCCCC(=O)OCC=CO. The lowest BCUT2D eigenvalue weighted by molar-refractivity contribution is -0.143. The van der Waals surface area contributed by atoms with E-state index in [1.807, 2.05) is 0 Å². The molecule has 0 saturated heterocycles. The second-order valence-electron chi connectivity index (χ2n) is 2.67. The molecule has 0 rings (SSSR count). The number of carboxylic acids is 1. The van der Waals surface area contributed by atoms with E-state index in [9.17, 15) is 9.59 Å². The summed E-state index contributed by atoms with van der Waals surface area (Å²) in [6.45, 7) is 0.0499. The van der Waals surface area contributed by atoms with Crippen LogP contribution in [0.25, 0.3) is 0 Å². The van der Waals surface area contributed by atoms with Gasteiger partial charge in [-0.1, -0.05) is 0 Å². The molecule has 0 unspecified atom stereocenters. The highest BCUT2D eigenvalue weighted by atomic mass is 16.5. The summed E-state index contributed by atoms with van der Waals surface area (Å²) in [5.41, 5.74) is 0. The molecule has 0 aromatic carbocycles. The maximum Gasteiger partial charge on any atom is 0.306 e. The number of carbonyl (C=O) groups excluding carboxylic acids is 1. The van der Waals surface area contributed by atoms with Crippen molar-refractivity contribution in [1.82, 2.24) is 0 Å². The first-order valence-electron chi connectivity index (χ1n) is 4.33. The summed E-state index contributed by atoms with van der Waals surface area (Å²) in [4.78, 5) is 21.0. The van der Waals surface area contributed by atoms with Gasteiger partial charge in [-0.05, 0) is 18.9 Å². The first-order chi connectivity index (χ1) is 6.66. The predicted molar refractivity (Wildman–Crippen MR) is 48.8 cm³/mol. The molecule has 0 aromatic heterocycles. The van der Waals surface area contributed by atoms with E-state index >= 15 is 0 Å². The van der Waals surface area contributed by atoms with Crippen LogP contribution in [-0.4, -0.2) is 28.8 Å². The number of esters is 1. The summed E-state index contributed by atoms with van der Waals surface area (Å²) in [6, 6.07) is 0. The normalized spacial score (nSPS) is 10.3. The molecule has 0 amide bonds. The van der Waals surface area contributed by atoms with E-state index in [1.54, 1.807) is 0 Å². The number of aliphatic hydroxyl groups excluding tert-OH is 1. The smallest absolute Gasteiger partial charge is 0.306 e. The lowest BCUT2D eigenvalue weighted by Crippen LogP contribution is -2.04. The Labute approximate surface area is 82.0 Å². The molecule has 0 spiro atoms. The number of aliphatic carboxylic acids is 1. The Hall–Kier alpha value is -1.52. The van der Waals surface area contributed by atoms with Gasteiger partial charge in [-0.2, -0.15) is 0 Å². The molecule has 5 heteroatoms. The Morgan fingerprint density at radius 1 is 1.21 bits per heavy atom. The maximum absolute atomic E-state index is 10.9. The average Bonchev–Trinajstić information content (AvgIpc) is 2.13. The van der Waals surface area contributed by atoms with Crippen LogP contribution in [0.3, 0.4) is 0 Å². The minimum absolute atomic E-state index is 0.0499. The molecule has 0 radical (unpaired) electrons. The zero-order chi connectivity index (χ0) is 10.8. The lowest BCUT2D eigenvalue weighted by Gasteiger charge is -2.00. The Morgan fingerprint density at radius 3 is 2.43 bits per heavy atom. The lowest BCUT2D eigenvalue weighted by atomic mass is 10.2. The molecule has 2 N–H and O–H groups in total. The van der Waals surface area contributed by atoms with Gasteiger partial charge in [-0.3, -0.25) is 9.59 Å². The molecule has 0 heterocycles. The van der Waals surface area contributed by atoms with Crippen LogP contribution in [0.2, 0.25) is 0 Å². The van der Waals surface area contributed by atoms with Crippen molar-refractivity contribution in [2.45, 2.75) is 25.7 Å². The standard InChI is InChI=1S/C9H14O5/c10-6-3-7-14-9(13)5-2-1-4-8(11)12/h3,6,10H,1-2,4-5,7H2,(H,11,12). The molecule has 0 aliphatic carbocycles. The monoisotopic (exact) mass is 202 g/mol. The Kier molecular flexibility index (Phi) is 7.22. The summed E-state index contributed by atoms with van der Waals surface area (Å²) < 4.78 is 4.66. The van der Waals surface area contributed by atoms with Crippen molar-refractivity contribution in [3.8, 4) is 0 Å². The number of unbranched alkanes of at least 4 members (excludes halogenated alkanes) is 1. The zero-order valence-electron chi connectivity index (χ0n) is 7.81. The number of hydrogen-bond acceptors (Lipinski definition) is 4. The van der Waals surface area contributed by atoms with Crippen LogP contribution >= 0.6 is 0 Å². The van der Waals surface area contributed by atoms with Crippen LogP contribution in [0.1, 0.15) is 25.7 Å². The van der Waals surface area contributed by atoms with Crippen molar-refractivity contribution in [2.24, 2.45) is 0 Å². The minimum atomic E-state index is -0.860. The van der Waals surface area contributed by atoms with Crippen molar-refractivity contribution in [1.29, 1.82) is 0 Å². The van der Waals surface area contributed by atoms with Crippen LogP contribution in [0.15, 0.2) is 12.3 Å². The van der Waals surface area contributed by atoms with E-state index < -0.39 is 5.97 Å². The second-order valence-corrected chi connectivity index (χ2v) is 2.67. The fraction of sp³-hybridized carbons (Fsp3) is 0.556. The van der Waals surface area contributed by atoms with Gasteiger partial charge in [-0.15, -0.1) is 0 Å². The summed E-state index contributed by atoms with van der Waals surface area (Å²) in [7, 11) is 0. The van der Waals surface area contributed by atoms with Gasteiger partial charge < -0.3 is 14.9 Å². The highest BCUT2D eigenvalue weighted by Gasteiger charge is 2.02.